The van der Waals surface area contributed by atoms with E-state index in [-0.39, 0.29) is 35.3 Å². The lowest BCUT2D eigenvalue weighted by Crippen LogP contribution is -2.46. The van der Waals surface area contributed by atoms with Crippen LogP contribution in [0.5, 0.6) is 5.75 Å². The SMILES string of the molecule is COc1ccc([C@H]2N(C(CN3CCOCC3)=NS(=O)(=O)c3ccc(C)cc3)CCN2S(=O)(=O)c2ccccc2)cc1. The van der Waals surface area contributed by atoms with Crippen molar-refractivity contribution >= 4 is 25.9 Å². The molecule has 2 aliphatic rings. The first-order chi connectivity index (χ1) is 19.7. The van der Waals surface area contributed by atoms with Crippen LogP contribution in [0.2, 0.25) is 0 Å². The van der Waals surface area contributed by atoms with E-state index in [0.29, 0.717) is 37.6 Å². The second-order valence-electron chi connectivity index (χ2n) is 9.95. The van der Waals surface area contributed by atoms with Gasteiger partial charge in [-0.05, 0) is 48.9 Å². The predicted molar refractivity (Wildman–Crippen MR) is 156 cm³/mol. The van der Waals surface area contributed by atoms with Crippen LogP contribution in [0, 0.1) is 6.92 Å². The summed E-state index contributed by atoms with van der Waals surface area (Å²) >= 11 is 0. The van der Waals surface area contributed by atoms with Crippen LogP contribution in [-0.2, 0) is 24.8 Å². The van der Waals surface area contributed by atoms with Crippen LogP contribution < -0.4 is 4.74 Å². The van der Waals surface area contributed by atoms with E-state index in [0.717, 1.165) is 5.56 Å². The minimum Gasteiger partial charge on any atom is -0.497 e. The summed E-state index contributed by atoms with van der Waals surface area (Å²) in [6, 6.07) is 21.9. The Bertz CT molecular complexity index is 1570. The molecular formula is C29H34N4O6S2. The van der Waals surface area contributed by atoms with Crippen molar-refractivity contribution in [3.05, 3.63) is 90.0 Å². The second-order valence-corrected chi connectivity index (χ2v) is 13.4. The number of benzene rings is 3. The highest BCUT2D eigenvalue weighted by Crippen LogP contribution is 2.36. The van der Waals surface area contributed by atoms with Gasteiger partial charge >= 0.3 is 0 Å². The van der Waals surface area contributed by atoms with Gasteiger partial charge in [-0.1, -0.05) is 48.0 Å². The van der Waals surface area contributed by atoms with Crippen molar-refractivity contribution in [3.8, 4) is 5.75 Å². The fraction of sp³-hybridized carbons (Fsp3) is 0.345. The predicted octanol–water partition coefficient (Wildman–Crippen LogP) is 3.13. The van der Waals surface area contributed by atoms with Gasteiger partial charge in [-0.2, -0.15) is 12.7 Å². The number of hydrogen-bond acceptors (Lipinski definition) is 7. The zero-order chi connectivity index (χ0) is 29.0. The number of hydrogen-bond donors (Lipinski definition) is 0. The van der Waals surface area contributed by atoms with Crippen LogP contribution in [0.1, 0.15) is 17.3 Å². The molecule has 0 bridgehead atoms. The fourth-order valence-electron chi connectivity index (χ4n) is 5.01. The van der Waals surface area contributed by atoms with E-state index in [1.54, 1.807) is 78.7 Å². The minimum atomic E-state index is -4.09. The molecule has 3 aromatic rings. The molecule has 3 aromatic carbocycles. The molecule has 2 saturated heterocycles. The Morgan fingerprint density at radius 1 is 0.854 bits per heavy atom. The third-order valence-corrected chi connectivity index (χ3v) is 10.4. The molecule has 1 atom stereocenters. The number of sulfonamides is 2. The third-order valence-electron chi connectivity index (χ3n) is 7.24. The Morgan fingerprint density at radius 3 is 2.15 bits per heavy atom. The zero-order valence-electron chi connectivity index (χ0n) is 23.1. The maximum Gasteiger partial charge on any atom is 0.283 e. The van der Waals surface area contributed by atoms with Crippen molar-refractivity contribution in [2.75, 3.05) is 53.0 Å². The van der Waals surface area contributed by atoms with Gasteiger partial charge in [-0.25, -0.2) is 8.42 Å². The van der Waals surface area contributed by atoms with Gasteiger partial charge in [0, 0.05) is 26.2 Å². The van der Waals surface area contributed by atoms with Crippen molar-refractivity contribution < 1.29 is 26.3 Å². The third kappa shape index (κ3) is 6.47. The molecule has 2 aliphatic heterocycles. The molecule has 0 radical (unpaired) electrons. The van der Waals surface area contributed by atoms with E-state index in [1.165, 1.54) is 16.4 Å². The molecule has 10 nitrogen and oxygen atoms in total. The summed E-state index contributed by atoms with van der Waals surface area (Å²) in [5.41, 5.74) is 1.60. The number of amidine groups is 1. The molecule has 0 unspecified atom stereocenters. The van der Waals surface area contributed by atoms with E-state index < -0.39 is 26.2 Å². The molecule has 0 spiro atoms. The number of morpholine rings is 1. The average Bonchev–Trinajstić information content (AvgIpc) is 3.44. The highest BCUT2D eigenvalue weighted by atomic mass is 32.2. The molecule has 0 N–H and O–H groups in total. The Kier molecular flexibility index (Phi) is 8.76. The summed E-state index contributed by atoms with van der Waals surface area (Å²) in [4.78, 5) is 4.12. The largest absolute Gasteiger partial charge is 0.497 e. The number of methoxy groups -OCH3 is 1. The van der Waals surface area contributed by atoms with E-state index >= 15 is 0 Å². The number of ether oxygens (including phenoxy) is 2. The normalized spacial score (nSPS) is 19.4. The summed E-state index contributed by atoms with van der Waals surface area (Å²) in [5.74, 6) is 0.902. The van der Waals surface area contributed by atoms with Crippen molar-refractivity contribution in [2.45, 2.75) is 22.9 Å². The Hall–Kier alpha value is -3.29. The van der Waals surface area contributed by atoms with E-state index in [4.69, 9.17) is 9.47 Å². The summed E-state index contributed by atoms with van der Waals surface area (Å²) in [5, 5.41) is 0. The first-order valence-electron chi connectivity index (χ1n) is 13.4. The van der Waals surface area contributed by atoms with Crippen LogP contribution in [0.15, 0.2) is 93.1 Å². The molecule has 0 aromatic heterocycles. The molecule has 0 saturated carbocycles. The quantitative estimate of drug-likeness (QED) is 0.288. The second kappa shape index (κ2) is 12.3. The van der Waals surface area contributed by atoms with Gasteiger partial charge in [0.15, 0.2) is 0 Å². The number of rotatable bonds is 8. The maximum absolute atomic E-state index is 13.9. The molecule has 2 heterocycles. The van der Waals surface area contributed by atoms with Gasteiger partial charge in [-0.3, -0.25) is 4.90 Å². The maximum atomic E-state index is 13.9. The number of aryl methyl sites for hydroxylation is 1. The molecule has 0 aliphatic carbocycles. The summed E-state index contributed by atoms with van der Waals surface area (Å²) in [6.07, 6.45) is -0.820. The molecule has 218 valence electrons. The lowest BCUT2D eigenvalue weighted by Gasteiger charge is -2.35. The van der Waals surface area contributed by atoms with E-state index in [9.17, 15) is 16.8 Å². The fourth-order valence-corrected chi connectivity index (χ4v) is 7.63. The first-order valence-corrected chi connectivity index (χ1v) is 16.3. The van der Waals surface area contributed by atoms with Crippen LogP contribution in [0.25, 0.3) is 0 Å². The Labute approximate surface area is 241 Å². The Morgan fingerprint density at radius 2 is 1.51 bits per heavy atom. The van der Waals surface area contributed by atoms with E-state index in [2.05, 4.69) is 9.30 Å². The molecular weight excluding hydrogens is 564 g/mol. The lowest BCUT2D eigenvalue weighted by atomic mass is 10.1. The van der Waals surface area contributed by atoms with Gasteiger partial charge in [0.1, 0.15) is 17.8 Å². The minimum absolute atomic E-state index is 0.0801. The van der Waals surface area contributed by atoms with Crippen molar-refractivity contribution in [2.24, 2.45) is 4.40 Å². The van der Waals surface area contributed by atoms with Crippen molar-refractivity contribution in [1.82, 2.24) is 14.1 Å². The van der Waals surface area contributed by atoms with Gasteiger partial charge < -0.3 is 14.4 Å². The Balaban J connectivity index is 1.61. The van der Waals surface area contributed by atoms with E-state index in [1.807, 2.05) is 6.92 Å². The smallest absolute Gasteiger partial charge is 0.283 e. The standard InChI is InChI=1S/C29H34N4O6S2/c1-23-8-14-26(15-9-23)40(34,35)30-28(22-31-18-20-39-21-19-31)32-16-17-33(41(36,37)27-6-4-3-5-7-27)29(32)24-10-12-25(38-2)13-11-24/h3-15,29H,16-22H2,1-2H3/t29-/m0/s1. The molecule has 41 heavy (non-hydrogen) atoms. The van der Waals surface area contributed by atoms with Gasteiger partial charge in [0.05, 0.1) is 36.7 Å². The molecule has 12 heteroatoms. The van der Waals surface area contributed by atoms with Gasteiger partial charge in [0.2, 0.25) is 10.0 Å². The van der Waals surface area contributed by atoms with Crippen LogP contribution in [-0.4, -0.2) is 89.8 Å². The highest BCUT2D eigenvalue weighted by Gasteiger charge is 2.43. The van der Waals surface area contributed by atoms with Crippen LogP contribution in [0.4, 0.5) is 0 Å². The lowest BCUT2D eigenvalue weighted by molar-refractivity contribution is 0.0438. The van der Waals surface area contributed by atoms with Gasteiger partial charge in [0.25, 0.3) is 10.0 Å². The van der Waals surface area contributed by atoms with Crippen LogP contribution >= 0.6 is 0 Å². The average molecular weight is 599 g/mol. The topological polar surface area (TPSA) is 109 Å². The first kappa shape index (κ1) is 29.2. The monoisotopic (exact) mass is 598 g/mol. The van der Waals surface area contributed by atoms with Crippen molar-refractivity contribution in [3.63, 3.8) is 0 Å². The molecule has 5 rings (SSSR count). The summed E-state index contributed by atoms with van der Waals surface area (Å²) in [6.45, 7) is 4.78. The zero-order valence-corrected chi connectivity index (χ0v) is 24.7. The van der Waals surface area contributed by atoms with Gasteiger partial charge in [-0.15, -0.1) is 4.40 Å². The molecule has 2 fully saturated rings. The number of nitrogens with zero attached hydrogens (tertiary/aromatic N) is 4. The summed E-state index contributed by atoms with van der Waals surface area (Å²) in [7, 11) is -6.45. The van der Waals surface area contributed by atoms with Crippen LogP contribution in [0.3, 0.4) is 0 Å². The van der Waals surface area contributed by atoms with Crippen molar-refractivity contribution in [1.29, 1.82) is 0 Å². The highest BCUT2D eigenvalue weighted by molar-refractivity contribution is 7.90. The summed E-state index contributed by atoms with van der Waals surface area (Å²) < 4.78 is 71.6. The molecule has 0 amide bonds.